The molecule has 0 bridgehead atoms. The fraction of sp³-hybridized carbons (Fsp3) is 0.158. The molecule has 0 radical (unpaired) electrons. The summed E-state index contributed by atoms with van der Waals surface area (Å²) in [5.41, 5.74) is 0.213. The normalized spacial score (nSPS) is 10.1. The van der Waals surface area contributed by atoms with Gasteiger partial charge in [-0.05, 0) is 42.5 Å². The number of hydrogen-bond acceptors (Lipinski definition) is 5. The third kappa shape index (κ3) is 6.17. The lowest BCUT2D eigenvalue weighted by atomic mass is 10.1. The Morgan fingerprint density at radius 2 is 1.75 bits per heavy atom. The summed E-state index contributed by atoms with van der Waals surface area (Å²) in [5.74, 6) is -3.37. The monoisotopic (exact) mass is 406 g/mol. The fourth-order valence-corrected chi connectivity index (χ4v) is 2.28. The molecule has 9 heteroatoms. The molecular weight excluding hydrogens is 391 g/mol. The number of hydrogen-bond donors (Lipinski definition) is 2. The lowest BCUT2D eigenvalue weighted by molar-refractivity contribution is -0.141. The number of rotatable bonds is 7. The molecule has 146 valence electrons. The first-order valence-electron chi connectivity index (χ1n) is 8.06. The number of ketones is 1. The number of Topliss-reactive ketones (excluding diaryl/α,β-unsaturated/α-hetero) is 1. The summed E-state index contributed by atoms with van der Waals surface area (Å²) in [4.78, 5) is 46.5. The van der Waals surface area contributed by atoms with Gasteiger partial charge in [-0.2, -0.15) is 0 Å². The number of ether oxygens (including phenoxy) is 1. The summed E-state index contributed by atoms with van der Waals surface area (Å²) in [7, 11) is 0. The van der Waals surface area contributed by atoms with Crippen LogP contribution in [0.15, 0.2) is 42.5 Å². The van der Waals surface area contributed by atoms with Crippen LogP contribution in [0.2, 0.25) is 5.02 Å². The summed E-state index contributed by atoms with van der Waals surface area (Å²) in [6, 6.07) is 9.55. The van der Waals surface area contributed by atoms with Gasteiger partial charge in [0, 0.05) is 23.2 Å². The lowest BCUT2D eigenvalue weighted by Crippen LogP contribution is -2.31. The van der Waals surface area contributed by atoms with E-state index in [9.17, 15) is 23.6 Å². The van der Waals surface area contributed by atoms with Gasteiger partial charge in [-0.3, -0.25) is 19.2 Å². The van der Waals surface area contributed by atoms with Crippen LogP contribution in [-0.4, -0.2) is 36.7 Å². The zero-order valence-corrected chi connectivity index (χ0v) is 15.5. The largest absolute Gasteiger partial charge is 0.456 e. The predicted octanol–water partition coefficient (Wildman–Crippen LogP) is 2.59. The maximum Gasteiger partial charge on any atom is 0.325 e. The Hall–Kier alpha value is -3.26. The Labute approximate surface area is 164 Å². The smallest absolute Gasteiger partial charge is 0.325 e. The van der Waals surface area contributed by atoms with Gasteiger partial charge < -0.3 is 15.4 Å². The minimum Gasteiger partial charge on any atom is -0.456 e. The first-order valence-corrected chi connectivity index (χ1v) is 8.44. The van der Waals surface area contributed by atoms with E-state index in [0.29, 0.717) is 10.6 Å². The molecule has 7 nitrogen and oxygen atoms in total. The Morgan fingerprint density at radius 1 is 1.07 bits per heavy atom. The van der Waals surface area contributed by atoms with Gasteiger partial charge in [-0.25, -0.2) is 4.39 Å². The van der Waals surface area contributed by atoms with Crippen LogP contribution < -0.4 is 10.6 Å². The molecule has 0 aliphatic carbocycles. The van der Waals surface area contributed by atoms with E-state index in [0.717, 1.165) is 6.07 Å². The molecule has 0 saturated carbocycles. The molecule has 0 spiro atoms. The van der Waals surface area contributed by atoms with E-state index >= 15 is 0 Å². The summed E-state index contributed by atoms with van der Waals surface area (Å²) >= 11 is 5.72. The molecule has 2 rings (SSSR count). The second-order valence-electron chi connectivity index (χ2n) is 5.65. The first kappa shape index (κ1) is 21.0. The van der Waals surface area contributed by atoms with Crippen LogP contribution >= 0.6 is 11.6 Å². The number of esters is 1. The van der Waals surface area contributed by atoms with Gasteiger partial charge in [0.15, 0.2) is 6.61 Å². The molecular formula is C19H16ClFN2O5. The fourth-order valence-electron chi connectivity index (χ4n) is 2.15. The first-order chi connectivity index (χ1) is 13.3. The SMILES string of the molecule is CC(=O)Nc1ccc(C(=O)COC(=O)CNC(=O)c2ccc(Cl)cc2)c(F)c1. The molecule has 0 aliphatic rings. The minimum atomic E-state index is -0.858. The van der Waals surface area contributed by atoms with Crippen LogP contribution in [0.1, 0.15) is 27.6 Å². The Balaban J connectivity index is 1.83. The van der Waals surface area contributed by atoms with Crippen molar-refractivity contribution in [2.24, 2.45) is 0 Å². The van der Waals surface area contributed by atoms with E-state index < -0.39 is 36.6 Å². The topological polar surface area (TPSA) is 102 Å². The molecule has 0 saturated heterocycles. The number of carbonyl (C=O) groups is 4. The number of benzene rings is 2. The summed E-state index contributed by atoms with van der Waals surface area (Å²) in [6.45, 7) is 0.118. The third-order valence-corrected chi connectivity index (χ3v) is 3.71. The molecule has 0 aromatic heterocycles. The number of halogens is 2. The highest BCUT2D eigenvalue weighted by Crippen LogP contribution is 2.15. The zero-order chi connectivity index (χ0) is 20.7. The van der Waals surface area contributed by atoms with E-state index in [4.69, 9.17) is 16.3 Å². The zero-order valence-electron chi connectivity index (χ0n) is 14.8. The molecule has 2 aromatic rings. The van der Waals surface area contributed by atoms with Gasteiger partial charge in [0.05, 0.1) is 5.56 Å². The molecule has 0 aliphatic heterocycles. The van der Waals surface area contributed by atoms with E-state index in [1.165, 1.54) is 43.3 Å². The Morgan fingerprint density at radius 3 is 2.36 bits per heavy atom. The van der Waals surface area contributed by atoms with Gasteiger partial charge >= 0.3 is 5.97 Å². The van der Waals surface area contributed by atoms with Gasteiger partial charge in [0.1, 0.15) is 12.4 Å². The molecule has 2 aromatic carbocycles. The van der Waals surface area contributed by atoms with E-state index in [1.54, 1.807) is 0 Å². The number of nitrogens with one attached hydrogen (secondary N) is 2. The molecule has 0 atom stereocenters. The quantitative estimate of drug-likeness (QED) is 0.543. The standard InChI is InChI=1S/C19H16ClFN2O5/c1-11(24)23-14-6-7-15(16(21)8-14)17(25)10-28-18(26)9-22-19(27)12-2-4-13(20)5-3-12/h2-8H,9-10H2,1H3,(H,22,27)(H,23,24). The molecule has 2 amide bonds. The molecule has 28 heavy (non-hydrogen) atoms. The second kappa shape index (κ2) is 9.61. The summed E-state index contributed by atoms with van der Waals surface area (Å²) in [5, 5.41) is 5.18. The predicted molar refractivity (Wildman–Crippen MR) is 99.8 cm³/mol. The van der Waals surface area contributed by atoms with Crippen LogP contribution in [0.3, 0.4) is 0 Å². The maximum absolute atomic E-state index is 14.0. The van der Waals surface area contributed by atoms with Crippen LogP contribution in [0.25, 0.3) is 0 Å². The van der Waals surface area contributed by atoms with Crippen molar-refractivity contribution in [3.63, 3.8) is 0 Å². The molecule has 2 N–H and O–H groups in total. The number of anilines is 1. The number of carbonyl (C=O) groups excluding carboxylic acids is 4. The molecule has 0 unspecified atom stereocenters. The average molecular weight is 407 g/mol. The van der Waals surface area contributed by atoms with Crippen LogP contribution in [0.5, 0.6) is 0 Å². The van der Waals surface area contributed by atoms with Crippen molar-refractivity contribution < 1.29 is 28.3 Å². The molecule has 0 fully saturated rings. The maximum atomic E-state index is 14.0. The van der Waals surface area contributed by atoms with Crippen molar-refractivity contribution in [2.75, 3.05) is 18.5 Å². The van der Waals surface area contributed by atoms with Crippen molar-refractivity contribution >= 4 is 40.9 Å². The number of amides is 2. The van der Waals surface area contributed by atoms with Gasteiger partial charge in [0.25, 0.3) is 5.91 Å². The van der Waals surface area contributed by atoms with Gasteiger partial charge in [0.2, 0.25) is 11.7 Å². The van der Waals surface area contributed by atoms with Gasteiger partial charge in [-0.15, -0.1) is 0 Å². The van der Waals surface area contributed by atoms with Gasteiger partial charge in [-0.1, -0.05) is 11.6 Å². The van der Waals surface area contributed by atoms with Crippen LogP contribution in [-0.2, 0) is 14.3 Å². The average Bonchev–Trinajstić information content (AvgIpc) is 2.64. The highest BCUT2D eigenvalue weighted by Gasteiger charge is 2.16. The van der Waals surface area contributed by atoms with Crippen molar-refractivity contribution in [3.05, 3.63) is 64.4 Å². The van der Waals surface area contributed by atoms with Crippen LogP contribution in [0, 0.1) is 5.82 Å². The van der Waals surface area contributed by atoms with Crippen molar-refractivity contribution in [1.29, 1.82) is 0 Å². The highest BCUT2D eigenvalue weighted by molar-refractivity contribution is 6.30. The van der Waals surface area contributed by atoms with E-state index in [-0.39, 0.29) is 17.2 Å². The third-order valence-electron chi connectivity index (χ3n) is 3.45. The second-order valence-corrected chi connectivity index (χ2v) is 6.09. The van der Waals surface area contributed by atoms with E-state index in [2.05, 4.69) is 10.6 Å². The van der Waals surface area contributed by atoms with E-state index in [1.807, 2.05) is 0 Å². The lowest BCUT2D eigenvalue weighted by Gasteiger charge is -2.08. The summed E-state index contributed by atoms with van der Waals surface area (Å²) in [6.07, 6.45) is 0. The van der Waals surface area contributed by atoms with Crippen molar-refractivity contribution in [3.8, 4) is 0 Å². The minimum absolute atomic E-state index is 0.198. The van der Waals surface area contributed by atoms with Crippen molar-refractivity contribution in [2.45, 2.75) is 6.92 Å². The Kier molecular flexibility index (Phi) is 7.22. The summed E-state index contributed by atoms with van der Waals surface area (Å²) < 4.78 is 18.7. The van der Waals surface area contributed by atoms with Crippen LogP contribution in [0.4, 0.5) is 10.1 Å². The van der Waals surface area contributed by atoms with Crippen molar-refractivity contribution in [1.82, 2.24) is 5.32 Å². The highest BCUT2D eigenvalue weighted by atomic mass is 35.5. The molecule has 0 heterocycles. The Bertz CT molecular complexity index is 915.